The van der Waals surface area contributed by atoms with Crippen LogP contribution < -0.4 is 5.73 Å². The Kier molecular flexibility index (Phi) is 4.99. The summed E-state index contributed by atoms with van der Waals surface area (Å²) in [6.45, 7) is 6.20. The molecule has 3 N–H and O–H groups in total. The Morgan fingerprint density at radius 1 is 1.44 bits per heavy atom. The molecule has 0 aromatic rings. The van der Waals surface area contributed by atoms with E-state index in [0.717, 1.165) is 32.1 Å². The van der Waals surface area contributed by atoms with E-state index in [4.69, 9.17) is 10.9 Å². The molecule has 1 rings (SSSR count). The van der Waals surface area contributed by atoms with E-state index in [0.29, 0.717) is 0 Å². The number of carbonyl (C=O) groups excluding carboxylic acids is 1. The van der Waals surface area contributed by atoms with E-state index in [2.05, 4.69) is 12.1 Å². The molecule has 5 heteroatoms. The number of nitrogens with zero attached hydrogens (tertiary/aromatic N) is 2. The third-order valence-corrected chi connectivity index (χ3v) is 4.04. The zero-order valence-electron chi connectivity index (χ0n) is 11.6. The molecule has 18 heavy (non-hydrogen) atoms. The highest BCUT2D eigenvalue weighted by molar-refractivity contribution is 5.89. The molecule has 0 heterocycles. The van der Waals surface area contributed by atoms with Crippen LogP contribution >= 0.6 is 0 Å². The van der Waals surface area contributed by atoms with Crippen LogP contribution in [0, 0.1) is 5.41 Å². The average molecular weight is 255 g/mol. The summed E-state index contributed by atoms with van der Waals surface area (Å²) >= 11 is 0. The molecular formula is C13H25N3O2. The van der Waals surface area contributed by atoms with Crippen LogP contribution in [-0.4, -0.2) is 34.4 Å². The molecule has 0 unspecified atom stereocenters. The van der Waals surface area contributed by atoms with E-state index < -0.39 is 0 Å². The molecule has 1 amide bonds. The summed E-state index contributed by atoms with van der Waals surface area (Å²) in [5.74, 6) is 0.241. The maximum Gasteiger partial charge on any atom is 0.229 e. The number of carbonyl (C=O) groups is 1. The van der Waals surface area contributed by atoms with Crippen LogP contribution in [0.1, 0.15) is 52.9 Å². The highest BCUT2D eigenvalue weighted by atomic mass is 16.4. The molecule has 1 fully saturated rings. The van der Waals surface area contributed by atoms with Crippen LogP contribution in [0.15, 0.2) is 5.16 Å². The largest absolute Gasteiger partial charge is 0.409 e. The first-order valence-corrected chi connectivity index (χ1v) is 6.74. The fraction of sp³-hybridized carbons (Fsp3) is 0.846. The number of rotatable bonds is 5. The van der Waals surface area contributed by atoms with Crippen molar-refractivity contribution in [3.05, 3.63) is 0 Å². The zero-order valence-corrected chi connectivity index (χ0v) is 11.6. The summed E-state index contributed by atoms with van der Waals surface area (Å²) in [5.41, 5.74) is 5.32. The fourth-order valence-electron chi connectivity index (χ4n) is 2.77. The van der Waals surface area contributed by atoms with E-state index in [-0.39, 0.29) is 29.7 Å². The SMILES string of the molecule is CCC1(C(=O)N(CC(N)=NO)C(C)C)CCCC1. The van der Waals surface area contributed by atoms with E-state index in [1.807, 2.05) is 13.8 Å². The van der Waals surface area contributed by atoms with E-state index in [9.17, 15) is 4.79 Å². The Labute approximate surface area is 109 Å². The Morgan fingerprint density at radius 2 is 2.00 bits per heavy atom. The number of hydrogen-bond acceptors (Lipinski definition) is 3. The zero-order chi connectivity index (χ0) is 13.8. The molecule has 1 aliphatic carbocycles. The van der Waals surface area contributed by atoms with Crippen LogP contribution in [0.4, 0.5) is 0 Å². The minimum atomic E-state index is -0.222. The highest BCUT2D eigenvalue weighted by Crippen LogP contribution is 2.42. The predicted molar refractivity (Wildman–Crippen MR) is 71.4 cm³/mol. The summed E-state index contributed by atoms with van der Waals surface area (Å²) in [6.07, 6.45) is 5.03. The number of amidine groups is 1. The fourth-order valence-corrected chi connectivity index (χ4v) is 2.77. The Morgan fingerprint density at radius 3 is 2.39 bits per heavy atom. The van der Waals surface area contributed by atoms with E-state index in [1.165, 1.54) is 0 Å². The van der Waals surface area contributed by atoms with Crippen molar-refractivity contribution in [2.45, 2.75) is 58.9 Å². The van der Waals surface area contributed by atoms with Gasteiger partial charge < -0.3 is 15.8 Å². The molecule has 104 valence electrons. The number of nitrogens with two attached hydrogens (primary N) is 1. The lowest BCUT2D eigenvalue weighted by atomic mass is 9.81. The number of hydrogen-bond donors (Lipinski definition) is 2. The van der Waals surface area contributed by atoms with Crippen molar-refractivity contribution in [1.29, 1.82) is 0 Å². The first kappa shape index (κ1) is 14.8. The van der Waals surface area contributed by atoms with Crippen molar-refractivity contribution < 1.29 is 10.0 Å². The van der Waals surface area contributed by atoms with Crippen molar-refractivity contribution in [3.8, 4) is 0 Å². The molecule has 5 nitrogen and oxygen atoms in total. The van der Waals surface area contributed by atoms with Crippen LogP contribution in [0.3, 0.4) is 0 Å². The van der Waals surface area contributed by atoms with Crippen molar-refractivity contribution >= 4 is 11.7 Å². The maximum absolute atomic E-state index is 12.7. The summed E-state index contributed by atoms with van der Waals surface area (Å²) in [7, 11) is 0. The van der Waals surface area contributed by atoms with Gasteiger partial charge in [0.2, 0.25) is 5.91 Å². The first-order chi connectivity index (χ1) is 8.46. The third-order valence-electron chi connectivity index (χ3n) is 4.04. The molecule has 0 aliphatic heterocycles. The van der Waals surface area contributed by atoms with Gasteiger partial charge in [-0.15, -0.1) is 0 Å². The van der Waals surface area contributed by atoms with Gasteiger partial charge in [-0.3, -0.25) is 4.79 Å². The van der Waals surface area contributed by atoms with Crippen molar-refractivity contribution in [3.63, 3.8) is 0 Å². The minimum Gasteiger partial charge on any atom is -0.409 e. The Balaban J connectivity index is 2.88. The van der Waals surface area contributed by atoms with E-state index >= 15 is 0 Å². The van der Waals surface area contributed by atoms with E-state index in [1.54, 1.807) is 4.90 Å². The molecule has 0 radical (unpaired) electrons. The topological polar surface area (TPSA) is 78.9 Å². The summed E-state index contributed by atoms with van der Waals surface area (Å²) in [6, 6.07) is 0.0572. The third kappa shape index (κ3) is 2.94. The van der Waals surface area contributed by atoms with Crippen LogP contribution in [0.2, 0.25) is 0 Å². The van der Waals surface area contributed by atoms with Gasteiger partial charge >= 0.3 is 0 Å². The lowest BCUT2D eigenvalue weighted by molar-refractivity contribution is -0.143. The second-order valence-electron chi connectivity index (χ2n) is 5.46. The molecule has 0 saturated heterocycles. The van der Waals surface area contributed by atoms with Gasteiger partial charge in [-0.1, -0.05) is 24.9 Å². The Bertz CT molecular complexity index is 320. The van der Waals surface area contributed by atoms with Crippen molar-refractivity contribution in [2.24, 2.45) is 16.3 Å². The first-order valence-electron chi connectivity index (χ1n) is 6.74. The van der Waals surface area contributed by atoms with Gasteiger partial charge in [-0.25, -0.2) is 0 Å². The molecular weight excluding hydrogens is 230 g/mol. The molecule has 0 atom stereocenters. The summed E-state index contributed by atoms with van der Waals surface area (Å²) in [4.78, 5) is 14.5. The molecule has 1 saturated carbocycles. The smallest absolute Gasteiger partial charge is 0.229 e. The van der Waals surface area contributed by atoms with Crippen LogP contribution in [-0.2, 0) is 4.79 Å². The molecule has 0 aromatic heterocycles. The van der Waals surface area contributed by atoms with Gasteiger partial charge in [-0.05, 0) is 33.1 Å². The Hall–Kier alpha value is -1.26. The van der Waals surface area contributed by atoms with Crippen molar-refractivity contribution in [2.75, 3.05) is 6.54 Å². The second-order valence-corrected chi connectivity index (χ2v) is 5.46. The number of amides is 1. The predicted octanol–water partition coefficient (Wildman–Crippen LogP) is 1.94. The van der Waals surface area contributed by atoms with Gasteiger partial charge in [-0.2, -0.15) is 0 Å². The molecule has 0 aromatic carbocycles. The monoisotopic (exact) mass is 255 g/mol. The standard InChI is InChI=1S/C13H25N3O2/c1-4-13(7-5-6-8-13)12(17)16(10(2)3)9-11(14)15-18/h10,18H,4-9H2,1-3H3,(H2,14,15). The van der Waals surface area contributed by atoms with Crippen molar-refractivity contribution in [1.82, 2.24) is 4.90 Å². The summed E-state index contributed by atoms with van der Waals surface area (Å²) in [5, 5.41) is 11.6. The highest BCUT2D eigenvalue weighted by Gasteiger charge is 2.42. The lowest BCUT2D eigenvalue weighted by Gasteiger charge is -2.35. The second kappa shape index (κ2) is 6.07. The molecule has 1 aliphatic rings. The van der Waals surface area contributed by atoms with Gasteiger partial charge in [0.25, 0.3) is 0 Å². The molecule has 0 spiro atoms. The lowest BCUT2D eigenvalue weighted by Crippen LogP contribution is -2.49. The average Bonchev–Trinajstić information content (AvgIpc) is 2.84. The minimum absolute atomic E-state index is 0.0572. The van der Waals surface area contributed by atoms with Crippen LogP contribution in [0.5, 0.6) is 0 Å². The maximum atomic E-state index is 12.7. The summed E-state index contributed by atoms with van der Waals surface area (Å²) < 4.78 is 0. The number of oxime groups is 1. The van der Waals surface area contributed by atoms with Gasteiger partial charge in [0.1, 0.15) is 0 Å². The quantitative estimate of drug-likeness (QED) is 0.341. The normalized spacial score (nSPS) is 19.2. The van der Waals surface area contributed by atoms with Gasteiger partial charge in [0, 0.05) is 11.5 Å². The van der Waals surface area contributed by atoms with Gasteiger partial charge in [0.05, 0.1) is 6.54 Å². The van der Waals surface area contributed by atoms with Gasteiger partial charge in [0.15, 0.2) is 5.84 Å². The van der Waals surface area contributed by atoms with Crippen LogP contribution in [0.25, 0.3) is 0 Å². The molecule has 0 bridgehead atoms.